The van der Waals surface area contributed by atoms with Gasteiger partial charge in [0.25, 0.3) is 0 Å². The van der Waals surface area contributed by atoms with Crippen molar-refractivity contribution in [1.29, 1.82) is 0 Å². The molecule has 0 saturated carbocycles. The third-order valence-electron chi connectivity index (χ3n) is 2.71. The Morgan fingerprint density at radius 1 is 1.10 bits per heavy atom. The van der Waals surface area contributed by atoms with Crippen molar-refractivity contribution < 1.29 is 4.79 Å². The highest BCUT2D eigenvalue weighted by Gasteiger charge is 2.09. The van der Waals surface area contributed by atoms with Gasteiger partial charge in [0.15, 0.2) is 0 Å². The van der Waals surface area contributed by atoms with Gasteiger partial charge in [-0.3, -0.25) is 4.79 Å². The van der Waals surface area contributed by atoms with Crippen molar-refractivity contribution in [2.45, 2.75) is 0 Å². The lowest BCUT2D eigenvalue weighted by molar-refractivity contribution is 0.100. The zero-order valence-corrected chi connectivity index (χ0v) is 12.8. The minimum atomic E-state index is -0.456. The number of hydrogen-bond donors (Lipinski definition) is 3. The van der Waals surface area contributed by atoms with Crippen LogP contribution in [-0.4, -0.2) is 10.9 Å². The summed E-state index contributed by atoms with van der Waals surface area (Å²) in [6.07, 6.45) is 0. The van der Waals surface area contributed by atoms with Gasteiger partial charge in [0.05, 0.1) is 0 Å². The summed E-state index contributed by atoms with van der Waals surface area (Å²) in [4.78, 5) is 11.3. The molecule has 0 spiro atoms. The molecule has 6 heteroatoms. The standard InChI is InChI=1S/C14H12BrN3OS/c15-10-2-1-3-11(12(10)14(17)20)18-9-6-4-8(5-7-9)13(16)19/h1-7,18H,(H2,16,19)(H2,17,20). The minimum Gasteiger partial charge on any atom is -0.389 e. The molecule has 0 radical (unpaired) electrons. The Balaban J connectivity index is 2.33. The molecule has 2 aromatic carbocycles. The molecule has 4 nitrogen and oxygen atoms in total. The number of nitrogens with one attached hydrogen (secondary N) is 1. The Labute approximate surface area is 130 Å². The number of carbonyl (C=O) groups is 1. The van der Waals surface area contributed by atoms with E-state index in [0.29, 0.717) is 10.6 Å². The Morgan fingerprint density at radius 3 is 2.30 bits per heavy atom. The van der Waals surface area contributed by atoms with Crippen molar-refractivity contribution in [3.8, 4) is 0 Å². The quantitative estimate of drug-likeness (QED) is 0.741. The van der Waals surface area contributed by atoms with E-state index in [2.05, 4.69) is 21.2 Å². The number of primary amides is 1. The monoisotopic (exact) mass is 349 g/mol. The van der Waals surface area contributed by atoms with Gasteiger partial charge in [-0.1, -0.05) is 18.3 Å². The SMILES string of the molecule is NC(=O)c1ccc(Nc2cccc(Br)c2C(N)=S)cc1. The molecule has 0 aromatic heterocycles. The van der Waals surface area contributed by atoms with E-state index in [0.717, 1.165) is 21.4 Å². The lowest BCUT2D eigenvalue weighted by Gasteiger charge is -2.13. The number of rotatable bonds is 4. The number of nitrogens with two attached hydrogens (primary N) is 2. The molecule has 0 aliphatic heterocycles. The Hall–Kier alpha value is -1.92. The molecule has 5 N–H and O–H groups in total. The van der Waals surface area contributed by atoms with Gasteiger partial charge in [0.2, 0.25) is 5.91 Å². The Morgan fingerprint density at radius 2 is 1.75 bits per heavy atom. The fourth-order valence-electron chi connectivity index (χ4n) is 1.75. The van der Waals surface area contributed by atoms with Crippen molar-refractivity contribution >= 4 is 50.4 Å². The average Bonchev–Trinajstić information content (AvgIpc) is 2.39. The van der Waals surface area contributed by atoms with Crippen LogP contribution < -0.4 is 16.8 Å². The highest BCUT2D eigenvalue weighted by atomic mass is 79.9. The Bertz CT molecular complexity index is 671. The third kappa shape index (κ3) is 3.15. The summed E-state index contributed by atoms with van der Waals surface area (Å²) in [5, 5.41) is 3.21. The summed E-state index contributed by atoms with van der Waals surface area (Å²) in [5.41, 5.74) is 13.7. The number of amides is 1. The van der Waals surface area contributed by atoms with E-state index < -0.39 is 5.91 Å². The maximum Gasteiger partial charge on any atom is 0.248 e. The van der Waals surface area contributed by atoms with E-state index in [1.54, 1.807) is 24.3 Å². The molecule has 102 valence electrons. The van der Waals surface area contributed by atoms with Crippen LogP contribution in [0.15, 0.2) is 46.9 Å². The zero-order valence-electron chi connectivity index (χ0n) is 10.4. The number of carbonyl (C=O) groups excluding carboxylic acids is 1. The topological polar surface area (TPSA) is 81.1 Å². The average molecular weight is 350 g/mol. The molecule has 0 heterocycles. The number of benzene rings is 2. The van der Waals surface area contributed by atoms with Gasteiger partial charge in [-0.15, -0.1) is 0 Å². The van der Waals surface area contributed by atoms with Crippen LogP contribution in [0.3, 0.4) is 0 Å². The van der Waals surface area contributed by atoms with Gasteiger partial charge < -0.3 is 16.8 Å². The Kier molecular flexibility index (Phi) is 4.36. The molecule has 0 aliphatic carbocycles. The molecule has 0 saturated heterocycles. The first kappa shape index (κ1) is 14.5. The number of anilines is 2. The van der Waals surface area contributed by atoms with Crippen molar-refractivity contribution in [3.05, 3.63) is 58.1 Å². The molecule has 2 aromatic rings. The van der Waals surface area contributed by atoms with Crippen LogP contribution in [0.4, 0.5) is 11.4 Å². The first-order valence-electron chi connectivity index (χ1n) is 5.74. The van der Waals surface area contributed by atoms with Gasteiger partial charge in [0, 0.05) is 27.0 Å². The summed E-state index contributed by atoms with van der Waals surface area (Å²) < 4.78 is 0.823. The van der Waals surface area contributed by atoms with E-state index in [1.807, 2.05) is 18.2 Å². The van der Waals surface area contributed by atoms with E-state index in [-0.39, 0.29) is 0 Å². The molecule has 1 amide bonds. The first-order chi connectivity index (χ1) is 9.49. The number of hydrogen-bond acceptors (Lipinski definition) is 3. The minimum absolute atomic E-state index is 0.300. The second kappa shape index (κ2) is 6.02. The summed E-state index contributed by atoms with van der Waals surface area (Å²) in [7, 11) is 0. The molecule has 0 aliphatic rings. The summed E-state index contributed by atoms with van der Waals surface area (Å²) >= 11 is 8.48. The van der Waals surface area contributed by atoms with E-state index >= 15 is 0 Å². The first-order valence-corrected chi connectivity index (χ1v) is 6.94. The lowest BCUT2D eigenvalue weighted by Crippen LogP contribution is -2.13. The molecular formula is C14H12BrN3OS. The molecule has 0 bridgehead atoms. The zero-order chi connectivity index (χ0) is 14.7. The van der Waals surface area contributed by atoms with Gasteiger partial charge >= 0.3 is 0 Å². The van der Waals surface area contributed by atoms with Crippen molar-refractivity contribution in [3.63, 3.8) is 0 Å². The summed E-state index contributed by atoms with van der Waals surface area (Å²) in [5.74, 6) is -0.456. The highest BCUT2D eigenvalue weighted by Crippen LogP contribution is 2.27. The third-order valence-corrected chi connectivity index (χ3v) is 3.57. The molecule has 2 rings (SSSR count). The molecule has 0 atom stereocenters. The molecule has 0 fully saturated rings. The van der Waals surface area contributed by atoms with Gasteiger partial charge in [-0.25, -0.2) is 0 Å². The van der Waals surface area contributed by atoms with Crippen molar-refractivity contribution in [2.75, 3.05) is 5.32 Å². The predicted octanol–water partition coefficient (Wildman–Crippen LogP) is 2.93. The molecule has 0 unspecified atom stereocenters. The van der Waals surface area contributed by atoms with E-state index in [1.165, 1.54) is 0 Å². The highest BCUT2D eigenvalue weighted by molar-refractivity contribution is 9.10. The smallest absolute Gasteiger partial charge is 0.248 e. The summed E-state index contributed by atoms with van der Waals surface area (Å²) in [6.45, 7) is 0. The van der Waals surface area contributed by atoms with Crippen LogP contribution in [0, 0.1) is 0 Å². The van der Waals surface area contributed by atoms with Crippen LogP contribution in [-0.2, 0) is 0 Å². The van der Waals surface area contributed by atoms with E-state index in [9.17, 15) is 4.79 Å². The second-order valence-corrected chi connectivity index (χ2v) is 5.39. The normalized spacial score (nSPS) is 10.1. The number of thiocarbonyl (C=S) groups is 1. The van der Waals surface area contributed by atoms with Crippen LogP contribution in [0.25, 0.3) is 0 Å². The summed E-state index contributed by atoms with van der Waals surface area (Å²) in [6, 6.07) is 12.5. The molecular weight excluding hydrogens is 338 g/mol. The fraction of sp³-hybridized carbons (Fsp3) is 0. The second-order valence-electron chi connectivity index (χ2n) is 4.09. The van der Waals surface area contributed by atoms with Crippen LogP contribution in [0.5, 0.6) is 0 Å². The van der Waals surface area contributed by atoms with Crippen LogP contribution in [0.1, 0.15) is 15.9 Å². The van der Waals surface area contributed by atoms with E-state index in [4.69, 9.17) is 23.7 Å². The number of halogens is 1. The van der Waals surface area contributed by atoms with Crippen LogP contribution >= 0.6 is 28.1 Å². The molecule has 20 heavy (non-hydrogen) atoms. The predicted molar refractivity (Wildman–Crippen MR) is 88.3 cm³/mol. The van der Waals surface area contributed by atoms with Crippen molar-refractivity contribution in [1.82, 2.24) is 0 Å². The largest absolute Gasteiger partial charge is 0.389 e. The maximum atomic E-state index is 11.0. The lowest BCUT2D eigenvalue weighted by atomic mass is 10.1. The van der Waals surface area contributed by atoms with Crippen molar-refractivity contribution in [2.24, 2.45) is 11.5 Å². The fourth-order valence-corrected chi connectivity index (χ4v) is 2.68. The van der Waals surface area contributed by atoms with Gasteiger partial charge in [-0.2, -0.15) is 0 Å². The van der Waals surface area contributed by atoms with Gasteiger partial charge in [0.1, 0.15) is 4.99 Å². The van der Waals surface area contributed by atoms with Gasteiger partial charge in [-0.05, 0) is 52.3 Å². The maximum absolute atomic E-state index is 11.0. The van der Waals surface area contributed by atoms with Crippen LogP contribution in [0.2, 0.25) is 0 Å².